The maximum Gasteiger partial charge on any atom is 0.226 e. The van der Waals surface area contributed by atoms with Gasteiger partial charge in [0.05, 0.1) is 5.60 Å². The SMILES string of the molecule is C=CCC(=O)N1CCC2(O)CCCCC2C1. The molecule has 0 aromatic rings. The Morgan fingerprint density at radius 1 is 1.50 bits per heavy atom. The molecular weight excluding hydrogens is 202 g/mol. The Morgan fingerprint density at radius 2 is 2.31 bits per heavy atom. The molecule has 2 rings (SSSR count). The van der Waals surface area contributed by atoms with Gasteiger partial charge >= 0.3 is 0 Å². The minimum Gasteiger partial charge on any atom is -0.389 e. The molecule has 2 fully saturated rings. The number of nitrogens with zero attached hydrogens (tertiary/aromatic N) is 1. The highest BCUT2D eigenvalue weighted by Gasteiger charge is 2.43. The van der Waals surface area contributed by atoms with Crippen LogP contribution < -0.4 is 0 Å². The minimum atomic E-state index is -0.483. The third-order valence-electron chi connectivity index (χ3n) is 4.10. The van der Waals surface area contributed by atoms with E-state index in [1.165, 1.54) is 6.42 Å². The molecule has 0 aromatic heterocycles. The van der Waals surface area contributed by atoms with Crippen LogP contribution in [0.15, 0.2) is 12.7 Å². The Morgan fingerprint density at radius 3 is 3.06 bits per heavy atom. The predicted molar refractivity (Wildman–Crippen MR) is 62.9 cm³/mol. The zero-order chi connectivity index (χ0) is 11.6. The first-order valence-electron chi connectivity index (χ1n) is 6.27. The number of rotatable bonds is 2. The Hall–Kier alpha value is -0.830. The van der Waals surface area contributed by atoms with E-state index in [-0.39, 0.29) is 5.91 Å². The Labute approximate surface area is 97.1 Å². The number of amides is 1. The number of likely N-dealkylation sites (tertiary alicyclic amines) is 1. The first-order valence-corrected chi connectivity index (χ1v) is 6.27. The van der Waals surface area contributed by atoms with Gasteiger partial charge in [-0.05, 0) is 19.3 Å². The fourth-order valence-corrected chi connectivity index (χ4v) is 3.05. The van der Waals surface area contributed by atoms with E-state index in [0.29, 0.717) is 18.9 Å². The van der Waals surface area contributed by atoms with Crippen molar-refractivity contribution < 1.29 is 9.90 Å². The molecule has 1 amide bonds. The molecule has 16 heavy (non-hydrogen) atoms. The van der Waals surface area contributed by atoms with Crippen LogP contribution in [0.1, 0.15) is 38.5 Å². The van der Waals surface area contributed by atoms with Crippen molar-refractivity contribution in [3.8, 4) is 0 Å². The third kappa shape index (κ3) is 2.14. The summed E-state index contributed by atoms with van der Waals surface area (Å²) in [6.45, 7) is 5.04. The first kappa shape index (κ1) is 11.6. The lowest BCUT2D eigenvalue weighted by Gasteiger charge is -2.47. The third-order valence-corrected chi connectivity index (χ3v) is 4.10. The van der Waals surface area contributed by atoms with Crippen LogP contribution in [0.25, 0.3) is 0 Å². The van der Waals surface area contributed by atoms with Crippen LogP contribution in [-0.2, 0) is 4.79 Å². The Balaban J connectivity index is 1.99. The highest BCUT2D eigenvalue weighted by molar-refractivity contribution is 5.77. The lowest BCUT2D eigenvalue weighted by molar-refractivity contribution is -0.142. The molecule has 0 bridgehead atoms. The maximum atomic E-state index is 11.8. The summed E-state index contributed by atoms with van der Waals surface area (Å²) in [4.78, 5) is 13.6. The summed E-state index contributed by atoms with van der Waals surface area (Å²) >= 11 is 0. The average molecular weight is 223 g/mol. The number of hydrogen-bond acceptors (Lipinski definition) is 2. The van der Waals surface area contributed by atoms with Crippen LogP contribution >= 0.6 is 0 Å². The summed E-state index contributed by atoms with van der Waals surface area (Å²) in [5.41, 5.74) is -0.483. The zero-order valence-electron chi connectivity index (χ0n) is 9.82. The van der Waals surface area contributed by atoms with E-state index in [4.69, 9.17) is 0 Å². The molecule has 2 atom stereocenters. The quantitative estimate of drug-likeness (QED) is 0.724. The largest absolute Gasteiger partial charge is 0.389 e. The monoisotopic (exact) mass is 223 g/mol. The van der Waals surface area contributed by atoms with Gasteiger partial charge in [-0.1, -0.05) is 18.9 Å². The number of carbonyl (C=O) groups is 1. The minimum absolute atomic E-state index is 0.155. The molecule has 1 N–H and O–H groups in total. The highest BCUT2D eigenvalue weighted by Crippen LogP contribution is 2.39. The van der Waals surface area contributed by atoms with Crippen LogP contribution in [0.5, 0.6) is 0 Å². The molecule has 2 unspecified atom stereocenters. The lowest BCUT2D eigenvalue weighted by atomic mass is 9.71. The van der Waals surface area contributed by atoms with E-state index in [1.807, 2.05) is 4.90 Å². The number of fused-ring (bicyclic) bond motifs is 1. The number of hydrogen-bond donors (Lipinski definition) is 1. The van der Waals surface area contributed by atoms with Crippen LogP contribution in [-0.4, -0.2) is 34.6 Å². The van der Waals surface area contributed by atoms with E-state index in [2.05, 4.69) is 6.58 Å². The second kappa shape index (κ2) is 4.58. The van der Waals surface area contributed by atoms with Crippen LogP contribution in [0.2, 0.25) is 0 Å². The van der Waals surface area contributed by atoms with Crippen molar-refractivity contribution >= 4 is 5.91 Å². The van der Waals surface area contributed by atoms with Crippen molar-refractivity contribution in [2.24, 2.45) is 5.92 Å². The fraction of sp³-hybridized carbons (Fsp3) is 0.769. The molecule has 0 spiro atoms. The maximum absolute atomic E-state index is 11.8. The summed E-state index contributed by atoms with van der Waals surface area (Å²) in [5.74, 6) is 0.450. The van der Waals surface area contributed by atoms with Crippen molar-refractivity contribution in [2.75, 3.05) is 13.1 Å². The van der Waals surface area contributed by atoms with Gasteiger partial charge in [-0.3, -0.25) is 4.79 Å². The van der Waals surface area contributed by atoms with Gasteiger partial charge in [-0.15, -0.1) is 6.58 Å². The van der Waals surface area contributed by atoms with Crippen molar-refractivity contribution in [3.63, 3.8) is 0 Å². The highest BCUT2D eigenvalue weighted by atomic mass is 16.3. The van der Waals surface area contributed by atoms with E-state index < -0.39 is 5.60 Å². The summed E-state index contributed by atoms with van der Waals surface area (Å²) in [5, 5.41) is 10.5. The van der Waals surface area contributed by atoms with Crippen molar-refractivity contribution in [2.45, 2.75) is 44.1 Å². The van der Waals surface area contributed by atoms with E-state index in [9.17, 15) is 9.90 Å². The molecule has 1 saturated heterocycles. The van der Waals surface area contributed by atoms with Gasteiger partial charge in [-0.2, -0.15) is 0 Å². The van der Waals surface area contributed by atoms with Crippen LogP contribution in [0.3, 0.4) is 0 Å². The van der Waals surface area contributed by atoms with Crippen LogP contribution in [0.4, 0.5) is 0 Å². The Kier molecular flexibility index (Phi) is 3.33. The smallest absolute Gasteiger partial charge is 0.226 e. The normalized spacial score (nSPS) is 34.3. The molecule has 3 heteroatoms. The standard InChI is InChI=1S/C13H21NO2/c1-2-5-12(15)14-9-8-13(16)7-4-3-6-11(13)10-14/h2,11,16H,1,3-10H2. The molecule has 0 aromatic carbocycles. The molecule has 1 aliphatic heterocycles. The number of aliphatic hydroxyl groups is 1. The molecule has 2 aliphatic rings. The van der Waals surface area contributed by atoms with Crippen molar-refractivity contribution in [1.82, 2.24) is 4.90 Å². The van der Waals surface area contributed by atoms with E-state index in [0.717, 1.165) is 32.2 Å². The topological polar surface area (TPSA) is 40.5 Å². The lowest BCUT2D eigenvalue weighted by Crippen LogP contribution is -2.54. The predicted octanol–water partition coefficient (Wildman–Crippen LogP) is 1.72. The second-order valence-corrected chi connectivity index (χ2v) is 5.13. The zero-order valence-corrected chi connectivity index (χ0v) is 9.82. The Bertz CT molecular complexity index is 290. The molecular formula is C13H21NO2. The second-order valence-electron chi connectivity index (χ2n) is 5.13. The molecule has 1 aliphatic carbocycles. The molecule has 1 heterocycles. The van der Waals surface area contributed by atoms with Gasteiger partial charge in [0, 0.05) is 25.4 Å². The summed E-state index contributed by atoms with van der Waals surface area (Å²) < 4.78 is 0. The van der Waals surface area contributed by atoms with Crippen molar-refractivity contribution in [3.05, 3.63) is 12.7 Å². The van der Waals surface area contributed by atoms with Gasteiger partial charge in [0.25, 0.3) is 0 Å². The number of piperidine rings is 1. The van der Waals surface area contributed by atoms with Gasteiger partial charge in [0.15, 0.2) is 0 Å². The molecule has 0 radical (unpaired) electrons. The first-order chi connectivity index (χ1) is 7.65. The van der Waals surface area contributed by atoms with Gasteiger partial charge in [0.1, 0.15) is 0 Å². The van der Waals surface area contributed by atoms with Gasteiger partial charge in [0.2, 0.25) is 5.91 Å². The van der Waals surface area contributed by atoms with Gasteiger partial charge < -0.3 is 10.0 Å². The molecule has 1 saturated carbocycles. The summed E-state index contributed by atoms with van der Waals surface area (Å²) in [7, 11) is 0. The van der Waals surface area contributed by atoms with E-state index in [1.54, 1.807) is 6.08 Å². The van der Waals surface area contributed by atoms with E-state index >= 15 is 0 Å². The molecule has 3 nitrogen and oxygen atoms in total. The average Bonchev–Trinajstić information content (AvgIpc) is 2.28. The fourth-order valence-electron chi connectivity index (χ4n) is 3.05. The van der Waals surface area contributed by atoms with Crippen molar-refractivity contribution in [1.29, 1.82) is 0 Å². The number of carbonyl (C=O) groups excluding carboxylic acids is 1. The molecule has 90 valence electrons. The summed E-state index contributed by atoms with van der Waals surface area (Å²) in [6, 6.07) is 0. The summed E-state index contributed by atoms with van der Waals surface area (Å²) in [6.07, 6.45) is 7.13. The van der Waals surface area contributed by atoms with Crippen LogP contribution in [0, 0.1) is 5.92 Å². The van der Waals surface area contributed by atoms with Gasteiger partial charge in [-0.25, -0.2) is 0 Å².